The molecule has 4 aromatic rings. The molecule has 1 saturated heterocycles. The van der Waals surface area contributed by atoms with Gasteiger partial charge in [-0.05, 0) is 117 Å². The Kier molecular flexibility index (Phi) is 28.9. The molecule has 9 amide bonds. The second kappa shape index (κ2) is 36.4. The lowest BCUT2D eigenvalue weighted by Gasteiger charge is -2.28. The predicted octanol–water partition coefficient (Wildman–Crippen LogP) is 1.35. The van der Waals surface area contributed by atoms with E-state index in [0.29, 0.717) is 55.5 Å². The monoisotopic (exact) mass is 1200 g/mol. The van der Waals surface area contributed by atoms with Gasteiger partial charge in [0.15, 0.2) is 5.96 Å². The molecule has 5 rings (SSSR count). The van der Waals surface area contributed by atoms with Gasteiger partial charge in [-0.3, -0.25) is 48.6 Å². The largest absolute Gasteiger partial charge is 0.508 e. The van der Waals surface area contributed by atoms with Gasteiger partial charge in [-0.15, -0.1) is 0 Å². The van der Waals surface area contributed by atoms with Gasteiger partial charge in [0, 0.05) is 44.3 Å². The lowest BCUT2D eigenvalue weighted by atomic mass is 10.00. The molecule has 1 aliphatic rings. The molecule has 1 fully saturated rings. The Hall–Kier alpha value is -8.64. The van der Waals surface area contributed by atoms with Crippen molar-refractivity contribution in [3.05, 3.63) is 114 Å². The summed E-state index contributed by atoms with van der Waals surface area (Å²) in [5.41, 5.74) is 13.2. The number of hydrogen-bond donors (Lipinski definition) is 15. The molecular weight excluding hydrogens is 1110 g/mol. The van der Waals surface area contributed by atoms with E-state index in [-0.39, 0.29) is 94.5 Å². The molecule has 0 spiro atoms. The van der Waals surface area contributed by atoms with Crippen LogP contribution in [-0.4, -0.2) is 145 Å². The highest BCUT2D eigenvalue weighted by atomic mass is 16.3. The first kappa shape index (κ1) is 69.1. The predicted molar refractivity (Wildman–Crippen MR) is 332 cm³/mol. The molecule has 0 radical (unpaired) electrons. The van der Waals surface area contributed by atoms with Crippen molar-refractivity contribution in [1.29, 1.82) is 5.41 Å². The maximum absolute atomic E-state index is 14.9. The molecular formula is C63H90N14O10. The molecule has 24 nitrogen and oxygen atoms in total. The SMILES string of the molecule is CC(C)NCCCC[C@H](NC(=O)[C@H]1CCCC(=O)N[C@@H](Cc2ccccc2)C(=O)N[C@@H](Cc2ccc(O)cc2)C(=O)N[C@@H](CCCCNC(C)C)C(=O)N[C@H](CCCNC(=N)N)C(=O)N[C@@H](Cc2ccc3ccccc3c2)C(=O)NCC(=O)N1)C(N)=O. The minimum Gasteiger partial charge on any atom is -0.508 e. The van der Waals surface area contributed by atoms with E-state index in [1.165, 1.54) is 12.1 Å². The maximum atomic E-state index is 14.9. The van der Waals surface area contributed by atoms with Crippen molar-refractivity contribution in [2.45, 2.75) is 172 Å². The van der Waals surface area contributed by atoms with Gasteiger partial charge in [0.05, 0.1) is 6.54 Å². The van der Waals surface area contributed by atoms with Crippen LogP contribution in [0.15, 0.2) is 97.1 Å². The number of benzene rings is 4. The third-order valence-corrected chi connectivity index (χ3v) is 14.7. The van der Waals surface area contributed by atoms with Gasteiger partial charge >= 0.3 is 0 Å². The smallest absolute Gasteiger partial charge is 0.243 e. The minimum atomic E-state index is -1.38. The molecule has 1 heterocycles. The summed E-state index contributed by atoms with van der Waals surface area (Å²) in [5, 5.41) is 51.0. The van der Waals surface area contributed by atoms with Crippen molar-refractivity contribution in [1.82, 2.24) is 58.5 Å². The van der Waals surface area contributed by atoms with Gasteiger partial charge in [0.2, 0.25) is 53.2 Å². The van der Waals surface area contributed by atoms with Crippen LogP contribution in [0, 0.1) is 5.41 Å². The Labute approximate surface area is 509 Å². The number of hydrogen-bond acceptors (Lipinski definition) is 13. The lowest BCUT2D eigenvalue weighted by molar-refractivity contribution is -0.135. The number of aromatic hydroxyl groups is 1. The Morgan fingerprint density at radius 1 is 0.563 bits per heavy atom. The summed E-state index contributed by atoms with van der Waals surface area (Å²) >= 11 is 0. The first-order valence-electron chi connectivity index (χ1n) is 30.2. The first-order valence-corrected chi connectivity index (χ1v) is 30.2. The van der Waals surface area contributed by atoms with Crippen molar-refractivity contribution < 1.29 is 48.3 Å². The summed E-state index contributed by atoms with van der Waals surface area (Å²) in [6.07, 6.45) is 1.95. The lowest BCUT2D eigenvalue weighted by Crippen LogP contribution is -2.60. The fraction of sp³-hybridized carbons (Fsp3) is 0.492. The second-order valence-corrected chi connectivity index (χ2v) is 22.7. The van der Waals surface area contributed by atoms with Gasteiger partial charge in [-0.25, -0.2) is 0 Å². The highest BCUT2D eigenvalue weighted by Gasteiger charge is 2.34. The fourth-order valence-electron chi connectivity index (χ4n) is 9.93. The number of unbranched alkanes of at least 4 members (excludes halogenated alkanes) is 2. The van der Waals surface area contributed by atoms with Crippen molar-refractivity contribution in [3.8, 4) is 5.75 Å². The first-order chi connectivity index (χ1) is 41.6. The summed E-state index contributed by atoms with van der Waals surface area (Å²) in [5.74, 6) is -7.26. The van der Waals surface area contributed by atoms with E-state index in [4.69, 9.17) is 16.9 Å². The zero-order valence-corrected chi connectivity index (χ0v) is 50.4. The molecule has 17 N–H and O–H groups in total. The van der Waals surface area contributed by atoms with E-state index in [1.807, 2.05) is 64.1 Å². The normalized spacial score (nSPS) is 20.1. The average Bonchev–Trinajstić information content (AvgIpc) is 3.67. The third-order valence-electron chi connectivity index (χ3n) is 14.7. The van der Waals surface area contributed by atoms with Crippen LogP contribution in [0.4, 0.5) is 0 Å². The number of phenolic OH excluding ortho intramolecular Hbond substituents is 1. The molecule has 4 aromatic carbocycles. The number of carbonyl (C=O) groups excluding carboxylic acids is 9. The number of phenols is 1. The van der Waals surface area contributed by atoms with Crippen molar-refractivity contribution >= 4 is 69.9 Å². The summed E-state index contributed by atoms with van der Waals surface area (Å²) < 4.78 is 0. The van der Waals surface area contributed by atoms with E-state index in [2.05, 4.69) is 58.5 Å². The third kappa shape index (κ3) is 25.5. The summed E-state index contributed by atoms with van der Waals surface area (Å²) in [6.45, 7) is 8.68. The second-order valence-electron chi connectivity index (χ2n) is 22.7. The highest BCUT2D eigenvalue weighted by molar-refractivity contribution is 5.98. The minimum absolute atomic E-state index is 0.0231. The molecule has 24 heteroatoms. The molecule has 0 bridgehead atoms. The molecule has 0 aromatic heterocycles. The quantitative estimate of drug-likeness (QED) is 0.0253. The van der Waals surface area contributed by atoms with Gasteiger partial charge in [0.1, 0.15) is 48.0 Å². The van der Waals surface area contributed by atoms with Crippen LogP contribution < -0.4 is 70.0 Å². The Bertz CT molecular complexity index is 2930. The van der Waals surface area contributed by atoms with E-state index in [1.54, 1.807) is 48.5 Å². The van der Waals surface area contributed by atoms with Crippen LogP contribution in [0.3, 0.4) is 0 Å². The summed E-state index contributed by atoms with van der Waals surface area (Å²) in [7, 11) is 0. The maximum Gasteiger partial charge on any atom is 0.243 e. The Morgan fingerprint density at radius 3 is 1.69 bits per heavy atom. The molecule has 7 atom stereocenters. The number of primary amides is 1. The standard InChI is InChI=1S/C63H90N14O10/c1-39(2)67-31-12-10-20-47(56(64)81)73-58(83)48-22-14-24-54(79)72-52(35-41-16-6-5-7-17-41)61(86)77-53(36-42-26-29-46(78)30-27-42)62(87)75-49(21-11-13-32-68-40(3)4)59(84)74-50(23-15-33-69-63(65)66)60(85)76-51(57(82)70-38-55(80)71-48)37-43-25-28-44-18-8-9-19-45(44)34-43/h5-9,16-19,25-30,34,39-40,47-53,67-68,78H,10-15,20-24,31-33,35-38H2,1-4H3,(H2,64,81)(H,70,82)(H,71,80)(H,72,79)(H,73,83)(H,74,84)(H,75,87)(H,76,85)(H,77,86)(H4,65,66,69)/t47-,48+,49-,50+,51-,52-,53-/m0/s1. The zero-order valence-electron chi connectivity index (χ0n) is 50.4. The van der Waals surface area contributed by atoms with E-state index in [9.17, 15) is 48.3 Å². The number of rotatable bonds is 25. The summed E-state index contributed by atoms with van der Waals surface area (Å²) in [4.78, 5) is 128. The average molecular weight is 1200 g/mol. The van der Waals surface area contributed by atoms with Gasteiger partial charge < -0.3 is 75.1 Å². The molecule has 87 heavy (non-hydrogen) atoms. The summed E-state index contributed by atoms with van der Waals surface area (Å²) in [6, 6.07) is 19.2. The highest BCUT2D eigenvalue weighted by Crippen LogP contribution is 2.18. The molecule has 1 aliphatic heterocycles. The van der Waals surface area contributed by atoms with Crippen molar-refractivity contribution in [3.63, 3.8) is 0 Å². The number of amides is 9. The van der Waals surface area contributed by atoms with Gasteiger partial charge in [0.25, 0.3) is 0 Å². The molecule has 0 unspecified atom stereocenters. The van der Waals surface area contributed by atoms with E-state index in [0.717, 1.165) is 10.8 Å². The van der Waals surface area contributed by atoms with E-state index >= 15 is 0 Å². The Balaban J connectivity index is 1.56. The number of nitrogens with two attached hydrogens (primary N) is 2. The number of nitrogens with one attached hydrogen (secondary N) is 12. The molecule has 472 valence electrons. The van der Waals surface area contributed by atoms with E-state index < -0.39 is 102 Å². The topological polar surface area (TPSA) is 382 Å². The van der Waals surface area contributed by atoms with Gasteiger partial charge in [-0.1, -0.05) is 113 Å². The number of carbonyl (C=O) groups is 9. The van der Waals surface area contributed by atoms with Crippen LogP contribution >= 0.6 is 0 Å². The zero-order chi connectivity index (χ0) is 63.3. The van der Waals surface area contributed by atoms with Crippen LogP contribution in [-0.2, 0) is 62.4 Å². The van der Waals surface area contributed by atoms with Crippen molar-refractivity contribution in [2.75, 3.05) is 26.2 Å². The number of fused-ring (bicyclic) bond motifs is 1. The van der Waals surface area contributed by atoms with Crippen LogP contribution in [0.1, 0.15) is 115 Å². The van der Waals surface area contributed by atoms with Crippen LogP contribution in [0.2, 0.25) is 0 Å². The Morgan fingerprint density at radius 2 is 1.08 bits per heavy atom. The molecule has 0 aliphatic carbocycles. The molecule has 0 saturated carbocycles. The van der Waals surface area contributed by atoms with Crippen molar-refractivity contribution in [2.24, 2.45) is 11.5 Å². The fourth-order valence-corrected chi connectivity index (χ4v) is 9.93. The van der Waals surface area contributed by atoms with Crippen LogP contribution in [0.25, 0.3) is 10.8 Å². The number of guanidine groups is 1. The van der Waals surface area contributed by atoms with Crippen LogP contribution in [0.5, 0.6) is 5.75 Å². The van der Waals surface area contributed by atoms with Gasteiger partial charge in [-0.2, -0.15) is 0 Å².